The van der Waals surface area contributed by atoms with E-state index in [1.807, 2.05) is 37.3 Å². The fourth-order valence-corrected chi connectivity index (χ4v) is 1.97. The van der Waals surface area contributed by atoms with Crippen LogP contribution < -0.4 is 10.1 Å². The maximum Gasteiger partial charge on any atom is 0.119 e. The van der Waals surface area contributed by atoms with Gasteiger partial charge in [-0.3, -0.25) is 0 Å². The highest BCUT2D eigenvalue weighted by atomic mass is 16.5. The summed E-state index contributed by atoms with van der Waals surface area (Å²) in [6, 6.07) is 18.4. The summed E-state index contributed by atoms with van der Waals surface area (Å²) < 4.78 is 11.0. The summed E-state index contributed by atoms with van der Waals surface area (Å²) >= 11 is 0. The summed E-state index contributed by atoms with van der Waals surface area (Å²) in [7, 11) is 0. The molecule has 21 heavy (non-hydrogen) atoms. The molecule has 0 saturated heterocycles. The van der Waals surface area contributed by atoms with Crippen molar-refractivity contribution in [1.29, 1.82) is 0 Å². The first-order valence-corrected chi connectivity index (χ1v) is 7.42. The quantitative estimate of drug-likeness (QED) is 0.716. The van der Waals surface area contributed by atoms with Crippen molar-refractivity contribution in [3.8, 4) is 5.75 Å². The van der Waals surface area contributed by atoms with Crippen molar-refractivity contribution >= 4 is 0 Å². The lowest BCUT2D eigenvalue weighted by molar-refractivity contribution is 0.149. The molecule has 2 rings (SSSR count). The third kappa shape index (κ3) is 5.98. The van der Waals surface area contributed by atoms with Crippen molar-refractivity contribution in [2.75, 3.05) is 19.8 Å². The summed E-state index contributed by atoms with van der Waals surface area (Å²) in [4.78, 5) is 0. The minimum Gasteiger partial charge on any atom is -0.489 e. The van der Waals surface area contributed by atoms with Gasteiger partial charge in [0.15, 0.2) is 0 Å². The number of ether oxygens (including phenoxy) is 2. The van der Waals surface area contributed by atoms with E-state index in [1.54, 1.807) is 0 Å². The first-order chi connectivity index (χ1) is 10.4. The average Bonchev–Trinajstić information content (AvgIpc) is 2.55. The van der Waals surface area contributed by atoms with Crippen molar-refractivity contribution in [2.24, 2.45) is 0 Å². The molecule has 2 aromatic carbocycles. The van der Waals surface area contributed by atoms with Gasteiger partial charge < -0.3 is 14.8 Å². The lowest BCUT2D eigenvalue weighted by Crippen LogP contribution is -2.19. The van der Waals surface area contributed by atoms with Gasteiger partial charge in [-0.2, -0.15) is 0 Å². The SMILES string of the molecule is CCOCCNCc1ccc(OCc2ccccc2)cc1. The Bertz CT molecular complexity index is 496. The third-order valence-electron chi connectivity index (χ3n) is 3.13. The largest absolute Gasteiger partial charge is 0.489 e. The topological polar surface area (TPSA) is 30.5 Å². The standard InChI is InChI=1S/C18H23NO2/c1-2-20-13-12-19-14-16-8-10-18(11-9-16)21-15-17-6-4-3-5-7-17/h3-11,19H,2,12-15H2,1H3. The predicted molar refractivity (Wildman–Crippen MR) is 85.4 cm³/mol. The van der Waals surface area contributed by atoms with Gasteiger partial charge in [0.2, 0.25) is 0 Å². The van der Waals surface area contributed by atoms with Crippen LogP contribution in [-0.4, -0.2) is 19.8 Å². The van der Waals surface area contributed by atoms with Crippen LogP contribution in [0.2, 0.25) is 0 Å². The van der Waals surface area contributed by atoms with Gasteiger partial charge in [0.05, 0.1) is 6.61 Å². The van der Waals surface area contributed by atoms with Crippen LogP contribution in [0.15, 0.2) is 54.6 Å². The van der Waals surface area contributed by atoms with Crippen LogP contribution >= 0.6 is 0 Å². The number of hydrogen-bond acceptors (Lipinski definition) is 3. The van der Waals surface area contributed by atoms with E-state index in [9.17, 15) is 0 Å². The van der Waals surface area contributed by atoms with Gasteiger partial charge >= 0.3 is 0 Å². The lowest BCUT2D eigenvalue weighted by Gasteiger charge is -2.08. The van der Waals surface area contributed by atoms with Crippen LogP contribution in [0.25, 0.3) is 0 Å². The summed E-state index contributed by atoms with van der Waals surface area (Å²) in [6.07, 6.45) is 0. The maximum absolute atomic E-state index is 5.76. The van der Waals surface area contributed by atoms with Crippen LogP contribution in [0.5, 0.6) is 5.75 Å². The zero-order valence-corrected chi connectivity index (χ0v) is 12.5. The van der Waals surface area contributed by atoms with Crippen molar-refractivity contribution in [2.45, 2.75) is 20.1 Å². The van der Waals surface area contributed by atoms with Gasteiger partial charge in [0, 0.05) is 19.7 Å². The first-order valence-electron chi connectivity index (χ1n) is 7.42. The molecule has 3 heteroatoms. The fourth-order valence-electron chi connectivity index (χ4n) is 1.97. The van der Waals surface area contributed by atoms with Gasteiger partial charge in [-0.15, -0.1) is 0 Å². The molecule has 0 unspecified atom stereocenters. The average molecular weight is 285 g/mol. The molecule has 0 spiro atoms. The van der Waals surface area contributed by atoms with Crippen LogP contribution in [0.1, 0.15) is 18.1 Å². The zero-order valence-electron chi connectivity index (χ0n) is 12.5. The molecule has 0 aliphatic heterocycles. The fraction of sp³-hybridized carbons (Fsp3) is 0.333. The van der Waals surface area contributed by atoms with Gasteiger partial charge in [-0.05, 0) is 30.2 Å². The summed E-state index contributed by atoms with van der Waals surface area (Å²) in [6.45, 7) is 5.87. The first kappa shape index (κ1) is 15.5. The molecule has 0 aliphatic carbocycles. The Labute approximate surface area is 126 Å². The van der Waals surface area contributed by atoms with Gasteiger partial charge in [0.1, 0.15) is 12.4 Å². The Morgan fingerprint density at radius 3 is 2.38 bits per heavy atom. The molecule has 0 amide bonds. The molecule has 0 aromatic heterocycles. The van der Waals surface area contributed by atoms with E-state index >= 15 is 0 Å². The molecule has 112 valence electrons. The van der Waals surface area contributed by atoms with Gasteiger partial charge in [-0.1, -0.05) is 42.5 Å². The normalized spacial score (nSPS) is 10.5. The summed E-state index contributed by atoms with van der Waals surface area (Å²) in [5.41, 5.74) is 2.43. The summed E-state index contributed by atoms with van der Waals surface area (Å²) in [5.74, 6) is 0.900. The molecule has 1 N–H and O–H groups in total. The van der Waals surface area contributed by atoms with Crippen molar-refractivity contribution in [1.82, 2.24) is 5.32 Å². The Balaban J connectivity index is 1.71. The Kier molecular flexibility index (Phi) is 6.78. The number of hydrogen-bond donors (Lipinski definition) is 1. The maximum atomic E-state index is 5.76. The van der Waals surface area contributed by atoms with Crippen LogP contribution in [-0.2, 0) is 17.9 Å². The van der Waals surface area contributed by atoms with Crippen LogP contribution in [0.4, 0.5) is 0 Å². The molecular weight excluding hydrogens is 262 g/mol. The van der Waals surface area contributed by atoms with E-state index in [-0.39, 0.29) is 0 Å². The lowest BCUT2D eigenvalue weighted by atomic mass is 10.2. The van der Waals surface area contributed by atoms with Crippen LogP contribution in [0, 0.1) is 0 Å². The van der Waals surface area contributed by atoms with Crippen molar-refractivity contribution < 1.29 is 9.47 Å². The molecule has 0 aliphatic rings. The van der Waals surface area contributed by atoms with E-state index in [0.29, 0.717) is 6.61 Å². The van der Waals surface area contributed by atoms with Gasteiger partial charge in [-0.25, -0.2) is 0 Å². The highest BCUT2D eigenvalue weighted by Crippen LogP contribution is 2.14. The van der Waals surface area contributed by atoms with E-state index < -0.39 is 0 Å². The predicted octanol–water partition coefficient (Wildman–Crippen LogP) is 3.39. The second kappa shape index (κ2) is 9.16. The van der Waals surface area contributed by atoms with E-state index in [2.05, 4.69) is 29.6 Å². The summed E-state index contributed by atoms with van der Waals surface area (Å²) in [5, 5.41) is 3.35. The smallest absolute Gasteiger partial charge is 0.119 e. The minimum absolute atomic E-state index is 0.604. The van der Waals surface area contributed by atoms with E-state index in [0.717, 1.165) is 32.1 Å². The molecule has 0 fully saturated rings. The second-order valence-electron chi connectivity index (χ2n) is 4.79. The second-order valence-corrected chi connectivity index (χ2v) is 4.79. The molecule has 2 aromatic rings. The minimum atomic E-state index is 0.604. The number of benzene rings is 2. The highest BCUT2D eigenvalue weighted by molar-refractivity contribution is 5.27. The number of rotatable bonds is 9. The highest BCUT2D eigenvalue weighted by Gasteiger charge is 1.97. The Morgan fingerprint density at radius 2 is 1.67 bits per heavy atom. The molecule has 0 atom stereocenters. The van der Waals surface area contributed by atoms with Gasteiger partial charge in [0.25, 0.3) is 0 Å². The van der Waals surface area contributed by atoms with E-state index in [1.165, 1.54) is 11.1 Å². The molecule has 0 radical (unpaired) electrons. The monoisotopic (exact) mass is 285 g/mol. The van der Waals surface area contributed by atoms with Crippen LogP contribution in [0.3, 0.4) is 0 Å². The Hall–Kier alpha value is -1.84. The zero-order chi connectivity index (χ0) is 14.8. The molecule has 3 nitrogen and oxygen atoms in total. The Morgan fingerprint density at radius 1 is 0.905 bits per heavy atom. The molecule has 0 bridgehead atoms. The van der Waals surface area contributed by atoms with Crippen molar-refractivity contribution in [3.05, 3.63) is 65.7 Å². The molecule has 0 saturated carbocycles. The third-order valence-corrected chi connectivity index (χ3v) is 3.13. The van der Waals surface area contributed by atoms with E-state index in [4.69, 9.17) is 9.47 Å². The molecule has 0 heterocycles. The van der Waals surface area contributed by atoms with Crippen molar-refractivity contribution in [3.63, 3.8) is 0 Å². The molecular formula is C18H23NO2. The number of nitrogens with one attached hydrogen (secondary N) is 1.